The fourth-order valence-corrected chi connectivity index (χ4v) is 2.52. The van der Waals surface area contributed by atoms with E-state index in [4.69, 9.17) is 5.73 Å². The lowest BCUT2D eigenvalue weighted by Crippen LogP contribution is -2.12. The quantitative estimate of drug-likeness (QED) is 0.829. The molecule has 18 heavy (non-hydrogen) atoms. The normalized spacial score (nSPS) is 13.3. The first-order valence-corrected chi connectivity index (χ1v) is 6.13. The predicted molar refractivity (Wildman–Crippen MR) is 70.2 cm³/mol. The molecular weight excluding hydrogens is 224 g/mol. The van der Waals surface area contributed by atoms with Crippen LogP contribution >= 0.6 is 0 Å². The number of hydrogen-bond donors (Lipinski definition) is 1. The zero-order valence-electron chi connectivity index (χ0n) is 10.0. The molecule has 3 rings (SSSR count). The van der Waals surface area contributed by atoms with Gasteiger partial charge in [-0.3, -0.25) is 9.78 Å². The maximum absolute atomic E-state index is 11.2. The summed E-state index contributed by atoms with van der Waals surface area (Å²) in [4.78, 5) is 15.6. The van der Waals surface area contributed by atoms with E-state index in [1.807, 2.05) is 12.1 Å². The highest BCUT2D eigenvalue weighted by Gasteiger charge is 2.16. The Morgan fingerprint density at radius 1 is 1.17 bits per heavy atom. The molecule has 2 aromatic rings. The molecule has 1 aromatic carbocycles. The average Bonchev–Trinajstić information content (AvgIpc) is 2.57. The molecule has 1 heterocycles. The monoisotopic (exact) mass is 238 g/mol. The summed E-state index contributed by atoms with van der Waals surface area (Å²) in [7, 11) is 0. The Morgan fingerprint density at radius 2 is 1.94 bits per heavy atom. The van der Waals surface area contributed by atoms with E-state index in [-0.39, 0.29) is 0 Å². The second-order valence-electron chi connectivity index (χ2n) is 4.61. The lowest BCUT2D eigenvalue weighted by Gasteiger charge is -2.08. The van der Waals surface area contributed by atoms with Gasteiger partial charge in [-0.1, -0.05) is 24.3 Å². The predicted octanol–water partition coefficient (Wildman–Crippen LogP) is 2.34. The maximum Gasteiger partial charge on any atom is 0.250 e. The van der Waals surface area contributed by atoms with E-state index in [2.05, 4.69) is 23.2 Å². The fraction of sp³-hybridized carbons (Fsp3) is 0.200. The van der Waals surface area contributed by atoms with Crippen LogP contribution in [0.4, 0.5) is 0 Å². The third kappa shape index (κ3) is 1.78. The van der Waals surface area contributed by atoms with Gasteiger partial charge >= 0.3 is 0 Å². The van der Waals surface area contributed by atoms with Gasteiger partial charge < -0.3 is 5.73 Å². The van der Waals surface area contributed by atoms with Crippen molar-refractivity contribution >= 4 is 5.91 Å². The number of nitrogens with zero attached hydrogens (tertiary/aromatic N) is 1. The lowest BCUT2D eigenvalue weighted by molar-refractivity contribution is 0.1000. The molecule has 90 valence electrons. The molecule has 0 aliphatic heterocycles. The van der Waals surface area contributed by atoms with Crippen molar-refractivity contribution in [3.05, 3.63) is 53.2 Å². The van der Waals surface area contributed by atoms with Crippen molar-refractivity contribution in [1.29, 1.82) is 0 Å². The van der Waals surface area contributed by atoms with Crippen LogP contribution < -0.4 is 5.73 Å². The Bertz CT molecular complexity index is 620. The number of carbonyl (C=O) groups is 1. The Kier molecular flexibility index (Phi) is 2.59. The molecule has 1 amide bonds. The van der Waals surface area contributed by atoms with Gasteiger partial charge in [0.25, 0.3) is 0 Å². The van der Waals surface area contributed by atoms with Crippen molar-refractivity contribution in [2.24, 2.45) is 5.73 Å². The standard InChI is InChI=1S/C15H14N2O/c16-15(18)12-8-11-6-3-5-10-4-1-2-7-13(10)14(11)17-9-12/h1-2,4,7-9H,3,5-6H2,(H2,16,18). The highest BCUT2D eigenvalue weighted by Crippen LogP contribution is 2.30. The molecule has 0 unspecified atom stereocenters. The molecular formula is C15H14N2O. The van der Waals surface area contributed by atoms with Gasteiger partial charge in [-0.05, 0) is 36.5 Å². The Hall–Kier alpha value is -2.16. The van der Waals surface area contributed by atoms with E-state index in [0.29, 0.717) is 5.56 Å². The fourth-order valence-electron chi connectivity index (χ4n) is 2.52. The molecule has 3 heteroatoms. The zero-order chi connectivity index (χ0) is 12.5. The van der Waals surface area contributed by atoms with Crippen molar-refractivity contribution in [3.63, 3.8) is 0 Å². The highest BCUT2D eigenvalue weighted by molar-refractivity contribution is 5.93. The van der Waals surface area contributed by atoms with Crippen LogP contribution in [0.1, 0.15) is 27.9 Å². The van der Waals surface area contributed by atoms with Crippen molar-refractivity contribution in [2.75, 3.05) is 0 Å². The molecule has 1 aliphatic carbocycles. The maximum atomic E-state index is 11.2. The molecule has 1 aliphatic rings. The first-order chi connectivity index (χ1) is 8.75. The molecule has 0 fully saturated rings. The highest BCUT2D eigenvalue weighted by atomic mass is 16.1. The van der Waals surface area contributed by atoms with E-state index in [9.17, 15) is 4.79 Å². The number of benzene rings is 1. The second kappa shape index (κ2) is 4.26. The summed E-state index contributed by atoms with van der Waals surface area (Å²) in [6.45, 7) is 0. The van der Waals surface area contributed by atoms with Crippen molar-refractivity contribution < 1.29 is 4.79 Å². The third-order valence-electron chi connectivity index (χ3n) is 3.42. The van der Waals surface area contributed by atoms with E-state index < -0.39 is 5.91 Å². The van der Waals surface area contributed by atoms with E-state index in [1.165, 1.54) is 11.1 Å². The van der Waals surface area contributed by atoms with Gasteiger partial charge in [-0.15, -0.1) is 0 Å². The molecule has 0 radical (unpaired) electrons. The minimum atomic E-state index is -0.414. The van der Waals surface area contributed by atoms with Crippen LogP contribution in [-0.4, -0.2) is 10.9 Å². The minimum absolute atomic E-state index is 0.414. The van der Waals surface area contributed by atoms with Crippen LogP contribution in [0, 0.1) is 0 Å². The summed E-state index contributed by atoms with van der Waals surface area (Å²) >= 11 is 0. The summed E-state index contributed by atoms with van der Waals surface area (Å²) in [5.74, 6) is -0.414. The van der Waals surface area contributed by atoms with Crippen molar-refractivity contribution in [2.45, 2.75) is 19.3 Å². The molecule has 2 N–H and O–H groups in total. The molecule has 0 atom stereocenters. The molecule has 1 aromatic heterocycles. The number of rotatable bonds is 1. The smallest absolute Gasteiger partial charge is 0.250 e. The van der Waals surface area contributed by atoms with Crippen LogP contribution in [0.2, 0.25) is 0 Å². The van der Waals surface area contributed by atoms with E-state index in [1.54, 1.807) is 6.20 Å². The first-order valence-electron chi connectivity index (χ1n) is 6.13. The number of amides is 1. The number of aromatic nitrogens is 1. The summed E-state index contributed by atoms with van der Waals surface area (Å²) in [5.41, 5.74) is 10.4. The van der Waals surface area contributed by atoms with Gasteiger partial charge in [0.05, 0.1) is 11.3 Å². The Balaban J connectivity index is 2.19. The largest absolute Gasteiger partial charge is 0.366 e. The molecule has 0 bridgehead atoms. The lowest BCUT2D eigenvalue weighted by atomic mass is 10.0. The topological polar surface area (TPSA) is 56.0 Å². The van der Waals surface area contributed by atoms with E-state index in [0.717, 1.165) is 30.5 Å². The van der Waals surface area contributed by atoms with Crippen LogP contribution in [0.5, 0.6) is 0 Å². The van der Waals surface area contributed by atoms with Gasteiger partial charge in [0.15, 0.2) is 0 Å². The molecule has 0 saturated carbocycles. The molecule has 3 nitrogen and oxygen atoms in total. The second-order valence-corrected chi connectivity index (χ2v) is 4.61. The summed E-state index contributed by atoms with van der Waals surface area (Å²) in [6.07, 6.45) is 4.65. The summed E-state index contributed by atoms with van der Waals surface area (Å²) < 4.78 is 0. The van der Waals surface area contributed by atoms with Crippen LogP contribution in [-0.2, 0) is 12.8 Å². The zero-order valence-corrected chi connectivity index (χ0v) is 10.0. The number of primary amides is 1. The minimum Gasteiger partial charge on any atom is -0.366 e. The average molecular weight is 238 g/mol. The van der Waals surface area contributed by atoms with Gasteiger partial charge in [-0.25, -0.2) is 0 Å². The number of nitrogens with two attached hydrogens (primary N) is 1. The SMILES string of the molecule is NC(=O)c1cnc2c(c1)CCCc1ccccc1-2. The van der Waals surface area contributed by atoms with Crippen molar-refractivity contribution in [3.8, 4) is 11.3 Å². The molecule has 0 saturated heterocycles. The Morgan fingerprint density at radius 3 is 2.78 bits per heavy atom. The van der Waals surface area contributed by atoms with Gasteiger partial charge in [0.1, 0.15) is 0 Å². The summed E-state index contributed by atoms with van der Waals surface area (Å²) in [5, 5.41) is 0. The van der Waals surface area contributed by atoms with Gasteiger partial charge in [0, 0.05) is 11.8 Å². The van der Waals surface area contributed by atoms with E-state index >= 15 is 0 Å². The van der Waals surface area contributed by atoms with Crippen LogP contribution in [0.25, 0.3) is 11.3 Å². The Labute approximate surface area is 106 Å². The first kappa shape index (κ1) is 11.0. The van der Waals surface area contributed by atoms with Crippen LogP contribution in [0.15, 0.2) is 36.5 Å². The number of hydrogen-bond acceptors (Lipinski definition) is 2. The van der Waals surface area contributed by atoms with Crippen molar-refractivity contribution in [1.82, 2.24) is 4.98 Å². The number of carbonyl (C=O) groups excluding carboxylic acids is 1. The number of aryl methyl sites for hydroxylation is 2. The number of fused-ring (bicyclic) bond motifs is 3. The summed E-state index contributed by atoms with van der Waals surface area (Å²) in [6, 6.07) is 10.2. The molecule has 0 spiro atoms. The number of pyridine rings is 1. The van der Waals surface area contributed by atoms with Gasteiger partial charge in [-0.2, -0.15) is 0 Å². The van der Waals surface area contributed by atoms with Crippen LogP contribution in [0.3, 0.4) is 0 Å². The van der Waals surface area contributed by atoms with Gasteiger partial charge in [0.2, 0.25) is 5.91 Å². The third-order valence-corrected chi connectivity index (χ3v) is 3.42.